The molecular weight excluding hydrogens is 354 g/mol. The second-order valence-corrected chi connectivity index (χ2v) is 6.51. The highest BCUT2D eigenvalue weighted by Crippen LogP contribution is 2.37. The fraction of sp³-hybridized carbons (Fsp3) is 0.143. The Labute approximate surface area is 133 Å². The van der Waals surface area contributed by atoms with Gasteiger partial charge in [-0.25, -0.2) is 9.97 Å². The van der Waals surface area contributed by atoms with E-state index in [9.17, 15) is 9.59 Å². The van der Waals surface area contributed by atoms with Gasteiger partial charge in [-0.05, 0) is 59.7 Å². The van der Waals surface area contributed by atoms with Crippen molar-refractivity contribution < 1.29 is 9.59 Å². The lowest BCUT2D eigenvalue weighted by atomic mass is 10.1. The van der Waals surface area contributed by atoms with Crippen LogP contribution in [0.3, 0.4) is 0 Å². The third-order valence-corrected chi connectivity index (χ3v) is 4.78. The number of aromatic nitrogens is 2. The van der Waals surface area contributed by atoms with Crippen molar-refractivity contribution in [1.82, 2.24) is 9.97 Å². The molecule has 2 aromatic rings. The number of aryl methyl sites for hydroxylation is 2. The third kappa shape index (κ3) is 2.71. The zero-order chi connectivity index (χ0) is 15.1. The van der Waals surface area contributed by atoms with E-state index in [2.05, 4.69) is 31.2 Å². The molecule has 1 amide bonds. The first-order chi connectivity index (χ1) is 9.94. The minimum atomic E-state index is -0.596. The number of carbonyl (C=O) groups excluding carboxylic acids is 2. The summed E-state index contributed by atoms with van der Waals surface area (Å²) in [7, 11) is 0. The monoisotopic (exact) mass is 363 g/mol. The van der Waals surface area contributed by atoms with Gasteiger partial charge >= 0.3 is 0 Å². The van der Waals surface area contributed by atoms with Crippen LogP contribution < -0.4 is 5.32 Å². The number of nitrogens with zero attached hydrogens (tertiary/aromatic N) is 2. The van der Waals surface area contributed by atoms with Crippen molar-refractivity contribution in [3.05, 3.63) is 39.6 Å². The first-order valence-corrected chi connectivity index (χ1v) is 7.74. The number of amides is 1. The van der Waals surface area contributed by atoms with E-state index >= 15 is 0 Å². The lowest BCUT2D eigenvalue weighted by Gasteiger charge is -2.07. The molecule has 2 heterocycles. The molecule has 5 nitrogen and oxygen atoms in total. The van der Waals surface area contributed by atoms with E-state index in [1.165, 1.54) is 11.8 Å². The summed E-state index contributed by atoms with van der Waals surface area (Å²) in [6.45, 7) is 3.82. The van der Waals surface area contributed by atoms with E-state index in [1.807, 2.05) is 19.9 Å². The van der Waals surface area contributed by atoms with Crippen molar-refractivity contribution >= 4 is 45.1 Å². The largest absolute Gasteiger partial charge is 0.318 e. The molecule has 0 saturated carbocycles. The zero-order valence-electron chi connectivity index (χ0n) is 11.2. The Bertz CT molecular complexity index is 772. The highest BCUT2D eigenvalue weighted by Gasteiger charge is 2.29. The van der Waals surface area contributed by atoms with E-state index < -0.39 is 11.7 Å². The van der Waals surface area contributed by atoms with Crippen molar-refractivity contribution in [2.45, 2.75) is 23.9 Å². The lowest BCUT2D eigenvalue weighted by Crippen LogP contribution is -2.12. The zero-order valence-corrected chi connectivity index (χ0v) is 13.6. The Balaban J connectivity index is 1.99. The molecule has 0 aliphatic carbocycles. The van der Waals surface area contributed by atoms with Gasteiger partial charge in [0.25, 0.3) is 11.7 Å². The smallest absolute Gasteiger partial charge is 0.296 e. The number of nitrogens with one attached hydrogen (secondary N) is 1. The van der Waals surface area contributed by atoms with Gasteiger partial charge < -0.3 is 5.32 Å². The molecule has 1 aromatic carbocycles. The number of hydrogen-bond donors (Lipinski definition) is 1. The van der Waals surface area contributed by atoms with Gasteiger partial charge in [0.2, 0.25) is 0 Å². The molecule has 1 aliphatic heterocycles. The van der Waals surface area contributed by atoms with Crippen LogP contribution in [-0.4, -0.2) is 21.7 Å². The topological polar surface area (TPSA) is 72.0 Å². The molecule has 0 bridgehead atoms. The van der Waals surface area contributed by atoms with Gasteiger partial charge in [-0.2, -0.15) is 0 Å². The van der Waals surface area contributed by atoms with Crippen molar-refractivity contribution in [3.63, 3.8) is 0 Å². The fourth-order valence-electron chi connectivity index (χ4n) is 2.06. The molecule has 0 saturated heterocycles. The van der Waals surface area contributed by atoms with Crippen LogP contribution in [0.2, 0.25) is 0 Å². The Morgan fingerprint density at radius 1 is 1.10 bits per heavy atom. The van der Waals surface area contributed by atoms with Gasteiger partial charge in [0, 0.05) is 20.8 Å². The molecule has 7 heteroatoms. The van der Waals surface area contributed by atoms with Crippen LogP contribution >= 0.6 is 27.7 Å². The van der Waals surface area contributed by atoms with Crippen molar-refractivity contribution in [2.75, 3.05) is 5.32 Å². The maximum absolute atomic E-state index is 11.6. The summed E-state index contributed by atoms with van der Waals surface area (Å²) < 4.78 is 0.735. The molecule has 106 valence electrons. The number of fused-ring (bicyclic) bond motifs is 1. The minimum absolute atomic E-state index is 0.387. The van der Waals surface area contributed by atoms with Gasteiger partial charge in [0.05, 0.1) is 11.3 Å². The molecule has 1 aliphatic rings. The molecule has 3 rings (SSSR count). The second-order valence-electron chi connectivity index (χ2n) is 4.65. The number of carbonyl (C=O) groups is 2. The average Bonchev–Trinajstić information content (AvgIpc) is 2.65. The summed E-state index contributed by atoms with van der Waals surface area (Å²) >= 11 is 4.80. The van der Waals surface area contributed by atoms with E-state index in [1.54, 1.807) is 12.1 Å². The molecule has 0 spiro atoms. The summed E-state index contributed by atoms with van der Waals surface area (Å²) in [5.41, 5.74) is 2.70. The van der Waals surface area contributed by atoms with E-state index in [0.29, 0.717) is 16.4 Å². The predicted octanol–water partition coefficient (Wildman–Crippen LogP) is 3.14. The fourth-order valence-corrected chi connectivity index (χ4v) is 3.56. The normalized spacial score (nSPS) is 13.3. The SMILES string of the molecule is Cc1cc(C)nc(Sc2cc3c(cc2Br)C(=O)C(=O)N3)n1. The number of halogens is 1. The van der Waals surface area contributed by atoms with Crippen molar-refractivity contribution in [2.24, 2.45) is 0 Å². The summed E-state index contributed by atoms with van der Waals surface area (Å²) in [6.07, 6.45) is 0. The van der Waals surface area contributed by atoms with Crippen LogP contribution in [0.4, 0.5) is 5.69 Å². The van der Waals surface area contributed by atoms with Gasteiger partial charge in [-0.3, -0.25) is 9.59 Å². The standard InChI is InChI=1S/C14H10BrN3O2S/c1-6-3-7(2)17-14(16-6)21-11-5-10-8(4-9(11)15)12(19)13(20)18-10/h3-5H,1-2H3,(H,18,19,20). The lowest BCUT2D eigenvalue weighted by molar-refractivity contribution is -0.112. The molecule has 0 fully saturated rings. The number of rotatable bonds is 2. The summed E-state index contributed by atoms with van der Waals surface area (Å²) in [5.74, 6) is -1.10. The average molecular weight is 364 g/mol. The molecule has 0 radical (unpaired) electrons. The predicted molar refractivity (Wildman–Crippen MR) is 82.7 cm³/mol. The van der Waals surface area contributed by atoms with Crippen molar-refractivity contribution in [3.8, 4) is 0 Å². The maximum atomic E-state index is 11.6. The summed E-state index contributed by atoms with van der Waals surface area (Å²) in [5, 5.41) is 3.19. The number of benzene rings is 1. The number of ketones is 1. The number of hydrogen-bond acceptors (Lipinski definition) is 5. The van der Waals surface area contributed by atoms with Crippen LogP contribution in [-0.2, 0) is 4.79 Å². The van der Waals surface area contributed by atoms with E-state index in [0.717, 1.165) is 20.8 Å². The Morgan fingerprint density at radius 3 is 2.43 bits per heavy atom. The maximum Gasteiger partial charge on any atom is 0.296 e. The van der Waals surface area contributed by atoms with Crippen molar-refractivity contribution in [1.29, 1.82) is 0 Å². The quantitative estimate of drug-likeness (QED) is 0.655. The first kappa shape index (κ1) is 14.2. The van der Waals surface area contributed by atoms with Gasteiger partial charge in [-0.15, -0.1) is 0 Å². The Hall–Kier alpha value is -1.73. The second kappa shape index (κ2) is 5.23. The van der Waals surface area contributed by atoms with Gasteiger partial charge in [0.1, 0.15) is 0 Å². The Kier molecular flexibility index (Phi) is 3.54. The molecule has 21 heavy (non-hydrogen) atoms. The molecule has 1 N–H and O–H groups in total. The van der Waals surface area contributed by atoms with E-state index in [-0.39, 0.29) is 0 Å². The number of Topliss-reactive ketones (excluding diaryl/α,β-unsaturated/α-hetero) is 1. The Morgan fingerprint density at radius 2 is 1.76 bits per heavy atom. The third-order valence-electron chi connectivity index (χ3n) is 2.93. The van der Waals surface area contributed by atoms with Crippen LogP contribution in [0.15, 0.2) is 32.7 Å². The first-order valence-electron chi connectivity index (χ1n) is 6.13. The molecule has 0 unspecified atom stereocenters. The molecular formula is C14H10BrN3O2S. The van der Waals surface area contributed by atoms with E-state index in [4.69, 9.17) is 0 Å². The highest BCUT2D eigenvalue weighted by molar-refractivity contribution is 9.10. The van der Waals surface area contributed by atoms with Crippen LogP contribution in [0.5, 0.6) is 0 Å². The summed E-state index contributed by atoms with van der Waals surface area (Å²) in [6, 6.07) is 5.31. The summed E-state index contributed by atoms with van der Waals surface area (Å²) in [4.78, 5) is 32.6. The van der Waals surface area contributed by atoms with Crippen LogP contribution in [0.1, 0.15) is 21.7 Å². The molecule has 0 atom stereocenters. The van der Waals surface area contributed by atoms with Crippen LogP contribution in [0, 0.1) is 13.8 Å². The molecule has 1 aromatic heterocycles. The minimum Gasteiger partial charge on any atom is -0.318 e. The van der Waals surface area contributed by atoms with Gasteiger partial charge in [-0.1, -0.05) is 0 Å². The number of anilines is 1. The highest BCUT2D eigenvalue weighted by atomic mass is 79.9. The van der Waals surface area contributed by atoms with Crippen LogP contribution in [0.25, 0.3) is 0 Å². The van der Waals surface area contributed by atoms with Gasteiger partial charge in [0.15, 0.2) is 5.16 Å².